The van der Waals surface area contributed by atoms with Crippen LogP contribution in [0.5, 0.6) is 0 Å². The summed E-state index contributed by atoms with van der Waals surface area (Å²) in [5, 5.41) is 24.4. The summed E-state index contributed by atoms with van der Waals surface area (Å²) in [4.78, 5) is 98.2. The fourth-order valence-electron chi connectivity index (χ4n) is 5.89. The molecule has 54 heavy (non-hydrogen) atoms. The van der Waals surface area contributed by atoms with E-state index in [1.54, 1.807) is 0 Å². The summed E-state index contributed by atoms with van der Waals surface area (Å²) in [6.07, 6.45) is 13.4. The normalized spacial score (nSPS) is 13.2. The van der Waals surface area contributed by atoms with Crippen molar-refractivity contribution in [3.63, 3.8) is 0 Å². The lowest BCUT2D eigenvalue weighted by Gasteiger charge is -2.22. The number of hydrogen-bond donors (Lipinski definition) is 4. The number of nitrogens with one attached hydrogen (secondary N) is 2. The Morgan fingerprint density at radius 2 is 0.722 bits per heavy atom. The number of hydrogen-bond acceptors (Lipinski definition) is 10. The minimum atomic E-state index is -2.42. The minimum Gasteiger partial charge on any atom is -0.478 e. The SMILES string of the molecule is CCCCCCCCCCCC(=O)NC(CCC(=O)OC(C(=O)O)C(OC(=O)CCC(NC(=O)CCCCCCCCCCC)C(C)=O)C(=O)O)C(C)=O. The molecule has 0 aromatic rings. The van der Waals surface area contributed by atoms with E-state index in [4.69, 9.17) is 9.47 Å². The van der Waals surface area contributed by atoms with Crippen LogP contribution in [0, 0.1) is 0 Å². The number of carboxylic acid groups (broad SMARTS) is 2. The van der Waals surface area contributed by atoms with E-state index in [1.807, 2.05) is 0 Å². The highest BCUT2D eigenvalue weighted by molar-refractivity contribution is 5.90. The van der Waals surface area contributed by atoms with Crippen LogP contribution in [0.2, 0.25) is 0 Å². The monoisotopic (exact) mass is 768 g/mol. The van der Waals surface area contributed by atoms with Crippen LogP contribution >= 0.6 is 0 Å². The van der Waals surface area contributed by atoms with Crippen molar-refractivity contribution < 1.29 is 58.0 Å². The molecule has 4 atom stereocenters. The Bertz CT molecular complexity index is 1070. The van der Waals surface area contributed by atoms with Gasteiger partial charge in [0, 0.05) is 25.7 Å². The van der Waals surface area contributed by atoms with E-state index >= 15 is 0 Å². The second-order valence-electron chi connectivity index (χ2n) is 14.2. The number of rotatable bonds is 35. The van der Waals surface area contributed by atoms with Gasteiger partial charge < -0.3 is 30.3 Å². The van der Waals surface area contributed by atoms with Crippen LogP contribution in [-0.2, 0) is 47.8 Å². The predicted molar refractivity (Wildman–Crippen MR) is 202 cm³/mol. The first-order valence-corrected chi connectivity index (χ1v) is 20.2. The smallest absolute Gasteiger partial charge is 0.349 e. The van der Waals surface area contributed by atoms with E-state index in [0.717, 1.165) is 51.4 Å². The maximum Gasteiger partial charge on any atom is 0.349 e. The van der Waals surface area contributed by atoms with E-state index in [0.29, 0.717) is 12.8 Å². The molecule has 14 heteroatoms. The van der Waals surface area contributed by atoms with Gasteiger partial charge in [0.15, 0.2) is 11.6 Å². The molecular weight excluding hydrogens is 700 g/mol. The fraction of sp³-hybridized carbons (Fsp3) is 0.800. The number of carbonyl (C=O) groups excluding carboxylic acids is 6. The summed E-state index contributed by atoms with van der Waals surface area (Å²) in [7, 11) is 0. The van der Waals surface area contributed by atoms with Gasteiger partial charge in [-0.25, -0.2) is 9.59 Å². The zero-order valence-corrected chi connectivity index (χ0v) is 33.3. The number of Topliss-reactive ketones (excluding diaryl/α,β-unsaturated/α-hetero) is 2. The van der Waals surface area contributed by atoms with E-state index < -0.39 is 72.6 Å². The van der Waals surface area contributed by atoms with Crippen molar-refractivity contribution in [3.05, 3.63) is 0 Å². The number of carbonyl (C=O) groups is 8. The number of esters is 2. The zero-order valence-electron chi connectivity index (χ0n) is 33.3. The van der Waals surface area contributed by atoms with Gasteiger partial charge in [0.05, 0.1) is 12.1 Å². The summed E-state index contributed by atoms with van der Waals surface area (Å²) in [5.74, 6) is -7.75. The van der Waals surface area contributed by atoms with E-state index in [2.05, 4.69) is 24.5 Å². The molecule has 2 amide bonds. The van der Waals surface area contributed by atoms with Crippen molar-refractivity contribution in [2.24, 2.45) is 0 Å². The average Bonchev–Trinajstić information content (AvgIpc) is 3.11. The molecule has 0 aliphatic rings. The quantitative estimate of drug-likeness (QED) is 0.0400. The molecule has 310 valence electrons. The van der Waals surface area contributed by atoms with Gasteiger partial charge in [-0.2, -0.15) is 0 Å². The second-order valence-corrected chi connectivity index (χ2v) is 14.2. The van der Waals surface area contributed by atoms with E-state index in [1.165, 1.54) is 65.2 Å². The number of ketones is 2. The molecule has 0 fully saturated rings. The van der Waals surface area contributed by atoms with Crippen LogP contribution < -0.4 is 10.6 Å². The number of carboxylic acids is 2. The van der Waals surface area contributed by atoms with E-state index in [-0.39, 0.29) is 37.5 Å². The van der Waals surface area contributed by atoms with Gasteiger partial charge >= 0.3 is 23.9 Å². The van der Waals surface area contributed by atoms with Crippen molar-refractivity contribution in [1.29, 1.82) is 0 Å². The third-order valence-electron chi connectivity index (χ3n) is 9.22. The lowest BCUT2D eigenvalue weighted by atomic mass is 10.1. The molecule has 0 saturated carbocycles. The van der Waals surface area contributed by atoms with Crippen molar-refractivity contribution in [1.82, 2.24) is 10.6 Å². The maximum absolute atomic E-state index is 12.6. The Labute approximate surface area is 321 Å². The second kappa shape index (κ2) is 31.5. The largest absolute Gasteiger partial charge is 0.478 e. The molecular formula is C40H68N2O12. The molecule has 0 aromatic carbocycles. The molecule has 0 spiro atoms. The van der Waals surface area contributed by atoms with Crippen LogP contribution in [0.1, 0.15) is 182 Å². The minimum absolute atomic E-state index is 0.204. The van der Waals surface area contributed by atoms with Crippen LogP contribution in [0.3, 0.4) is 0 Å². The van der Waals surface area contributed by atoms with E-state index in [9.17, 15) is 48.6 Å². The summed E-state index contributed by atoms with van der Waals surface area (Å²) in [5.41, 5.74) is 0. The third-order valence-corrected chi connectivity index (χ3v) is 9.22. The highest BCUT2D eigenvalue weighted by atomic mass is 16.6. The Kier molecular flexibility index (Phi) is 29.3. The number of amides is 2. The van der Waals surface area contributed by atoms with Gasteiger partial charge in [0.2, 0.25) is 24.0 Å². The fourth-order valence-corrected chi connectivity index (χ4v) is 5.89. The maximum atomic E-state index is 12.6. The molecule has 0 aromatic heterocycles. The lowest BCUT2D eigenvalue weighted by molar-refractivity contribution is -0.187. The Hall–Kier alpha value is -3.84. The molecule has 0 rings (SSSR count). The number of ether oxygens (including phenoxy) is 2. The molecule has 14 nitrogen and oxygen atoms in total. The van der Waals surface area contributed by atoms with Crippen LogP contribution in [0.15, 0.2) is 0 Å². The van der Waals surface area contributed by atoms with Gasteiger partial charge in [-0.05, 0) is 39.5 Å². The number of aliphatic carboxylic acids is 2. The van der Waals surface area contributed by atoms with Crippen LogP contribution in [-0.4, -0.2) is 81.8 Å². The molecule has 0 bridgehead atoms. The van der Waals surface area contributed by atoms with Crippen molar-refractivity contribution in [2.45, 2.75) is 206 Å². The molecule has 4 unspecified atom stereocenters. The molecule has 0 aliphatic heterocycles. The van der Waals surface area contributed by atoms with Crippen molar-refractivity contribution >= 4 is 47.3 Å². The third kappa shape index (κ3) is 26.0. The van der Waals surface area contributed by atoms with Crippen molar-refractivity contribution in [3.8, 4) is 0 Å². The molecule has 0 heterocycles. The molecule has 4 N–H and O–H groups in total. The van der Waals surface area contributed by atoms with Gasteiger partial charge in [-0.3, -0.25) is 28.8 Å². The standard InChI is InChI=1S/C40H68N2O12/c1-5-7-9-11-13-15-17-19-21-23-33(45)41-31(29(3)43)25-27-35(47)53-37(39(49)50)38(40(51)52)54-36(48)28-26-32(30(4)44)42-34(46)24-22-20-18-16-14-12-10-8-6-2/h31-32,37-38H,5-28H2,1-4H3,(H,41,45)(H,42,46)(H,49,50)(H,51,52). The average molecular weight is 769 g/mol. The number of unbranched alkanes of at least 4 members (excludes halogenated alkanes) is 16. The topological polar surface area (TPSA) is 220 Å². The zero-order chi connectivity index (χ0) is 40.7. The van der Waals surface area contributed by atoms with Crippen LogP contribution in [0.4, 0.5) is 0 Å². The first-order chi connectivity index (χ1) is 25.7. The highest BCUT2D eigenvalue weighted by Gasteiger charge is 2.40. The lowest BCUT2D eigenvalue weighted by Crippen LogP contribution is -2.46. The summed E-state index contributed by atoms with van der Waals surface area (Å²) < 4.78 is 9.75. The Balaban J connectivity index is 4.87. The molecule has 0 saturated heterocycles. The van der Waals surface area contributed by atoms with Gasteiger partial charge in [-0.1, -0.05) is 117 Å². The first kappa shape index (κ1) is 50.2. The predicted octanol–water partition coefficient (Wildman–Crippen LogP) is 6.53. The van der Waals surface area contributed by atoms with Gasteiger partial charge in [0.25, 0.3) is 0 Å². The molecule has 0 aliphatic carbocycles. The summed E-state index contributed by atoms with van der Waals surface area (Å²) >= 11 is 0. The Morgan fingerprint density at radius 3 is 0.981 bits per heavy atom. The highest BCUT2D eigenvalue weighted by Crippen LogP contribution is 2.15. The van der Waals surface area contributed by atoms with Crippen molar-refractivity contribution in [2.75, 3.05) is 0 Å². The van der Waals surface area contributed by atoms with Gasteiger partial charge in [0.1, 0.15) is 0 Å². The van der Waals surface area contributed by atoms with Gasteiger partial charge in [-0.15, -0.1) is 0 Å². The molecule has 0 radical (unpaired) electrons. The Morgan fingerprint density at radius 1 is 0.444 bits per heavy atom. The summed E-state index contributed by atoms with van der Waals surface area (Å²) in [6, 6.07) is -2.08. The van der Waals surface area contributed by atoms with Crippen LogP contribution in [0.25, 0.3) is 0 Å². The first-order valence-electron chi connectivity index (χ1n) is 20.2. The summed E-state index contributed by atoms with van der Waals surface area (Å²) in [6.45, 7) is 6.80.